The van der Waals surface area contributed by atoms with Crippen molar-refractivity contribution in [2.75, 3.05) is 0 Å². The highest BCUT2D eigenvalue weighted by atomic mass is 79.9. The van der Waals surface area contributed by atoms with Crippen molar-refractivity contribution in [1.29, 1.82) is 5.26 Å². The average molecular weight is 308 g/mol. The Hall–Kier alpha value is -1.41. The Morgan fingerprint density at radius 1 is 1.39 bits per heavy atom. The number of pyridine rings is 1. The van der Waals surface area contributed by atoms with Crippen LogP contribution in [0, 0.1) is 11.3 Å². The van der Waals surface area contributed by atoms with Crippen LogP contribution in [0.1, 0.15) is 42.6 Å². The molecule has 0 spiro atoms. The molecule has 4 nitrogen and oxygen atoms in total. The van der Waals surface area contributed by atoms with Crippen LogP contribution >= 0.6 is 15.9 Å². The molecule has 1 aromatic heterocycles. The fraction of sp³-hybridized carbons (Fsp3) is 0.462. The van der Waals surface area contributed by atoms with E-state index >= 15 is 0 Å². The molecule has 94 valence electrons. The van der Waals surface area contributed by atoms with Crippen LogP contribution in [0.2, 0.25) is 0 Å². The predicted molar refractivity (Wildman–Crippen MR) is 70.8 cm³/mol. The monoisotopic (exact) mass is 307 g/mol. The number of nitrogens with one attached hydrogen (secondary N) is 1. The normalized spacial score (nSPS) is 17.8. The van der Waals surface area contributed by atoms with Gasteiger partial charge >= 0.3 is 0 Å². The predicted octanol–water partition coefficient (Wildman–Crippen LogP) is 2.80. The van der Waals surface area contributed by atoms with Crippen molar-refractivity contribution in [3.8, 4) is 6.07 Å². The lowest BCUT2D eigenvalue weighted by molar-refractivity contribution is 0.0897. The van der Waals surface area contributed by atoms with Crippen molar-refractivity contribution in [3.05, 3.63) is 28.5 Å². The second kappa shape index (κ2) is 5.49. The molecule has 1 heterocycles. The van der Waals surface area contributed by atoms with Crippen LogP contribution in [0.3, 0.4) is 0 Å². The van der Waals surface area contributed by atoms with Crippen LogP contribution in [0.4, 0.5) is 0 Å². The minimum Gasteiger partial charge on any atom is -0.332 e. The van der Waals surface area contributed by atoms with Gasteiger partial charge in [-0.3, -0.25) is 4.79 Å². The average Bonchev–Trinajstić information content (AvgIpc) is 2.40. The lowest BCUT2D eigenvalue weighted by Crippen LogP contribution is -2.48. The first-order valence-corrected chi connectivity index (χ1v) is 6.81. The third-order valence-electron chi connectivity index (χ3n) is 3.22. The lowest BCUT2D eigenvalue weighted by Gasteiger charge is -2.31. The molecular weight excluding hydrogens is 294 g/mol. The summed E-state index contributed by atoms with van der Waals surface area (Å²) in [6.07, 6.45) is 4.56. The Morgan fingerprint density at radius 2 is 2.11 bits per heavy atom. The maximum absolute atomic E-state index is 12.1. The van der Waals surface area contributed by atoms with E-state index in [1.165, 1.54) is 0 Å². The molecule has 1 amide bonds. The molecule has 0 radical (unpaired) electrons. The van der Waals surface area contributed by atoms with Gasteiger partial charge in [0.2, 0.25) is 0 Å². The molecule has 0 atom stereocenters. The molecule has 1 saturated carbocycles. The molecule has 1 aliphatic carbocycles. The summed E-state index contributed by atoms with van der Waals surface area (Å²) in [7, 11) is 0. The molecule has 0 unspecified atom stereocenters. The molecule has 0 aliphatic heterocycles. The number of hydrogen-bond donors (Lipinski definition) is 1. The molecule has 1 aromatic rings. The Kier molecular flexibility index (Phi) is 3.97. The Labute approximate surface area is 115 Å². The summed E-state index contributed by atoms with van der Waals surface area (Å²) in [6, 6.07) is 7.43. The zero-order chi connectivity index (χ0) is 13.0. The van der Waals surface area contributed by atoms with Gasteiger partial charge < -0.3 is 5.32 Å². The number of carbonyl (C=O) groups excluding carboxylic acids is 1. The number of amides is 1. The quantitative estimate of drug-likeness (QED) is 0.854. The van der Waals surface area contributed by atoms with Gasteiger partial charge in [0.25, 0.3) is 5.91 Å². The van der Waals surface area contributed by atoms with E-state index in [0.29, 0.717) is 10.3 Å². The summed E-state index contributed by atoms with van der Waals surface area (Å²) in [5.41, 5.74) is -0.371. The third kappa shape index (κ3) is 2.88. The standard InChI is InChI=1S/C13H14BrN3O/c14-11-6-4-5-10(16-11)12(18)17-13(9-15)7-2-1-3-8-13/h4-6H,1-3,7-8H2,(H,17,18). The van der Waals surface area contributed by atoms with Crippen molar-refractivity contribution in [2.45, 2.75) is 37.6 Å². The molecule has 5 heteroatoms. The number of hydrogen-bond acceptors (Lipinski definition) is 3. The van der Waals surface area contributed by atoms with Crippen LogP contribution in [-0.2, 0) is 0 Å². The van der Waals surface area contributed by atoms with Crippen LogP contribution in [0.5, 0.6) is 0 Å². The van der Waals surface area contributed by atoms with Crippen LogP contribution in [0.25, 0.3) is 0 Å². The molecule has 1 fully saturated rings. The lowest BCUT2D eigenvalue weighted by atomic mass is 9.83. The minimum atomic E-state index is -0.709. The number of nitriles is 1. The smallest absolute Gasteiger partial charge is 0.271 e. The third-order valence-corrected chi connectivity index (χ3v) is 3.66. The highest BCUT2D eigenvalue weighted by molar-refractivity contribution is 9.10. The number of aromatic nitrogens is 1. The number of carbonyl (C=O) groups is 1. The Morgan fingerprint density at radius 3 is 2.72 bits per heavy atom. The fourth-order valence-electron chi connectivity index (χ4n) is 2.24. The van der Waals surface area contributed by atoms with Crippen molar-refractivity contribution < 1.29 is 4.79 Å². The Balaban J connectivity index is 2.13. The first-order chi connectivity index (χ1) is 8.65. The summed E-state index contributed by atoms with van der Waals surface area (Å²) < 4.78 is 0.616. The number of nitrogens with zero attached hydrogens (tertiary/aromatic N) is 2. The maximum Gasteiger partial charge on any atom is 0.271 e. The van der Waals surface area contributed by atoms with Gasteiger partial charge in [-0.05, 0) is 40.9 Å². The largest absolute Gasteiger partial charge is 0.332 e. The van der Waals surface area contributed by atoms with Gasteiger partial charge in [0.05, 0.1) is 6.07 Å². The first-order valence-electron chi connectivity index (χ1n) is 6.02. The molecule has 1 aliphatic rings. The van der Waals surface area contributed by atoms with Crippen LogP contribution < -0.4 is 5.32 Å². The first kappa shape index (κ1) is 13.0. The summed E-state index contributed by atoms with van der Waals surface area (Å²) in [5, 5.41) is 12.1. The van der Waals surface area contributed by atoms with Crippen molar-refractivity contribution in [1.82, 2.24) is 10.3 Å². The van der Waals surface area contributed by atoms with E-state index in [2.05, 4.69) is 32.3 Å². The highest BCUT2D eigenvalue weighted by Gasteiger charge is 2.34. The van der Waals surface area contributed by atoms with Gasteiger partial charge in [-0.2, -0.15) is 5.26 Å². The van der Waals surface area contributed by atoms with Gasteiger partial charge in [-0.15, -0.1) is 0 Å². The van der Waals surface area contributed by atoms with Gasteiger partial charge in [0.1, 0.15) is 15.8 Å². The molecule has 0 bridgehead atoms. The molecule has 0 saturated heterocycles. The summed E-state index contributed by atoms with van der Waals surface area (Å²) in [6.45, 7) is 0. The minimum absolute atomic E-state index is 0.278. The SMILES string of the molecule is N#CC1(NC(=O)c2cccc(Br)n2)CCCCC1. The summed E-state index contributed by atoms with van der Waals surface area (Å²) in [5.74, 6) is -0.278. The van der Waals surface area contributed by atoms with Gasteiger partial charge in [-0.25, -0.2) is 4.98 Å². The molecule has 18 heavy (non-hydrogen) atoms. The number of rotatable bonds is 2. The van der Waals surface area contributed by atoms with E-state index < -0.39 is 5.54 Å². The Bertz CT molecular complexity index is 489. The van der Waals surface area contributed by atoms with Crippen LogP contribution in [0.15, 0.2) is 22.8 Å². The van der Waals surface area contributed by atoms with Crippen molar-refractivity contribution >= 4 is 21.8 Å². The van der Waals surface area contributed by atoms with Crippen molar-refractivity contribution in [3.63, 3.8) is 0 Å². The topological polar surface area (TPSA) is 65.8 Å². The highest BCUT2D eigenvalue weighted by Crippen LogP contribution is 2.27. The molecule has 1 N–H and O–H groups in total. The van der Waals surface area contributed by atoms with Gasteiger partial charge in [-0.1, -0.05) is 25.3 Å². The summed E-state index contributed by atoms with van der Waals surface area (Å²) >= 11 is 3.23. The van der Waals surface area contributed by atoms with E-state index in [4.69, 9.17) is 0 Å². The molecule has 0 aromatic carbocycles. The van der Waals surface area contributed by atoms with Crippen molar-refractivity contribution in [2.24, 2.45) is 0 Å². The van der Waals surface area contributed by atoms with Gasteiger partial charge in [0, 0.05) is 0 Å². The molecular formula is C13H14BrN3O. The second-order valence-electron chi connectivity index (χ2n) is 4.55. The van der Waals surface area contributed by atoms with E-state index in [1.54, 1.807) is 18.2 Å². The summed E-state index contributed by atoms with van der Waals surface area (Å²) in [4.78, 5) is 16.2. The van der Waals surface area contributed by atoms with E-state index in [9.17, 15) is 10.1 Å². The maximum atomic E-state index is 12.1. The van der Waals surface area contributed by atoms with E-state index in [-0.39, 0.29) is 5.91 Å². The fourth-order valence-corrected chi connectivity index (χ4v) is 2.58. The second-order valence-corrected chi connectivity index (χ2v) is 5.37. The number of halogens is 1. The van der Waals surface area contributed by atoms with Crippen LogP contribution in [-0.4, -0.2) is 16.4 Å². The van der Waals surface area contributed by atoms with E-state index in [0.717, 1.165) is 32.1 Å². The zero-order valence-corrected chi connectivity index (χ0v) is 11.5. The van der Waals surface area contributed by atoms with Gasteiger partial charge in [0.15, 0.2) is 0 Å². The molecule has 2 rings (SSSR count). The zero-order valence-electron chi connectivity index (χ0n) is 9.95. The van der Waals surface area contributed by atoms with E-state index in [1.807, 2.05) is 0 Å².